The van der Waals surface area contributed by atoms with Crippen molar-refractivity contribution in [3.63, 3.8) is 0 Å². The maximum absolute atomic E-state index is 12.3. The summed E-state index contributed by atoms with van der Waals surface area (Å²) in [4.78, 5) is 12.3. The van der Waals surface area contributed by atoms with Crippen LogP contribution in [0.15, 0.2) is 24.3 Å². The lowest BCUT2D eigenvalue weighted by molar-refractivity contribution is 0.0679. The van der Waals surface area contributed by atoms with Gasteiger partial charge in [-0.15, -0.1) is 0 Å². The summed E-state index contributed by atoms with van der Waals surface area (Å²) in [5.74, 6) is 1.61. The lowest BCUT2D eigenvalue weighted by atomic mass is 9.87. The van der Waals surface area contributed by atoms with Crippen LogP contribution >= 0.6 is 0 Å². The van der Waals surface area contributed by atoms with Crippen molar-refractivity contribution in [2.24, 2.45) is 5.92 Å². The number of ether oxygens (including phenoxy) is 2. The van der Waals surface area contributed by atoms with Gasteiger partial charge < -0.3 is 14.8 Å². The van der Waals surface area contributed by atoms with Crippen LogP contribution in [0.1, 0.15) is 55.8 Å². The van der Waals surface area contributed by atoms with E-state index in [9.17, 15) is 4.79 Å². The fourth-order valence-electron chi connectivity index (χ4n) is 3.34. The lowest BCUT2D eigenvalue weighted by Crippen LogP contribution is -2.37. The Morgan fingerprint density at radius 1 is 1.17 bits per heavy atom. The summed E-state index contributed by atoms with van der Waals surface area (Å²) < 4.78 is 11.3. The molecule has 1 heterocycles. The fourth-order valence-corrected chi connectivity index (χ4v) is 3.34. The second-order valence-electron chi connectivity index (χ2n) is 6.90. The molecule has 0 bridgehead atoms. The smallest absolute Gasteiger partial charge is 0.251 e. The molecule has 1 aromatic rings. The Bertz CT molecular complexity index is 500. The van der Waals surface area contributed by atoms with Crippen molar-refractivity contribution < 1.29 is 14.3 Å². The van der Waals surface area contributed by atoms with E-state index in [1.165, 1.54) is 12.8 Å². The van der Waals surface area contributed by atoms with E-state index in [1.807, 2.05) is 24.3 Å². The summed E-state index contributed by atoms with van der Waals surface area (Å²) in [7, 11) is 0. The van der Waals surface area contributed by atoms with E-state index in [0.717, 1.165) is 44.0 Å². The van der Waals surface area contributed by atoms with E-state index in [1.54, 1.807) is 0 Å². The molecule has 1 aliphatic heterocycles. The van der Waals surface area contributed by atoms with Crippen LogP contribution in [0.25, 0.3) is 0 Å². The molecule has 2 aliphatic rings. The highest BCUT2D eigenvalue weighted by atomic mass is 16.5. The summed E-state index contributed by atoms with van der Waals surface area (Å²) in [5.41, 5.74) is 0.702. The first-order valence-electron chi connectivity index (χ1n) is 8.86. The molecule has 0 radical (unpaired) electrons. The number of amides is 1. The normalized spacial score (nSPS) is 27.6. The topological polar surface area (TPSA) is 47.6 Å². The summed E-state index contributed by atoms with van der Waals surface area (Å²) in [6.45, 7) is 3.71. The van der Waals surface area contributed by atoms with Crippen molar-refractivity contribution >= 4 is 5.91 Å². The Morgan fingerprint density at radius 3 is 2.57 bits per heavy atom. The summed E-state index contributed by atoms with van der Waals surface area (Å²) in [6.07, 6.45) is 7.01. The highest BCUT2D eigenvalue weighted by Crippen LogP contribution is 2.24. The molecule has 1 atom stereocenters. The van der Waals surface area contributed by atoms with Crippen LogP contribution in [0.3, 0.4) is 0 Å². The van der Waals surface area contributed by atoms with Gasteiger partial charge in [0.25, 0.3) is 5.91 Å². The van der Waals surface area contributed by atoms with Gasteiger partial charge in [0.05, 0.1) is 6.10 Å². The van der Waals surface area contributed by atoms with Crippen LogP contribution in [-0.4, -0.2) is 31.3 Å². The molecular weight excluding hydrogens is 290 g/mol. The Kier molecular flexibility index (Phi) is 5.55. The molecule has 126 valence electrons. The second-order valence-corrected chi connectivity index (χ2v) is 6.90. The van der Waals surface area contributed by atoms with Crippen molar-refractivity contribution in [2.45, 2.75) is 57.6 Å². The summed E-state index contributed by atoms with van der Waals surface area (Å²) in [5, 5.41) is 3.15. The van der Waals surface area contributed by atoms with Gasteiger partial charge in [-0.3, -0.25) is 4.79 Å². The van der Waals surface area contributed by atoms with Gasteiger partial charge in [0.15, 0.2) is 0 Å². The Labute approximate surface area is 138 Å². The van der Waals surface area contributed by atoms with Gasteiger partial charge in [-0.05, 0) is 68.7 Å². The zero-order chi connectivity index (χ0) is 16.1. The van der Waals surface area contributed by atoms with Crippen LogP contribution in [0.5, 0.6) is 5.75 Å². The average molecular weight is 317 g/mol. The van der Waals surface area contributed by atoms with Crippen molar-refractivity contribution in [3.05, 3.63) is 29.8 Å². The Balaban J connectivity index is 1.47. The van der Waals surface area contributed by atoms with Gasteiger partial charge in [0.1, 0.15) is 12.4 Å². The van der Waals surface area contributed by atoms with Gasteiger partial charge in [0, 0.05) is 18.2 Å². The van der Waals surface area contributed by atoms with Gasteiger partial charge in [-0.2, -0.15) is 0 Å². The first-order valence-corrected chi connectivity index (χ1v) is 8.86. The Morgan fingerprint density at radius 2 is 1.91 bits per heavy atom. The van der Waals surface area contributed by atoms with Crippen LogP contribution in [-0.2, 0) is 4.74 Å². The van der Waals surface area contributed by atoms with Crippen LogP contribution in [0.2, 0.25) is 0 Å². The molecule has 1 amide bonds. The predicted octanol–water partition coefficient (Wildman–Crippen LogP) is 3.55. The lowest BCUT2D eigenvalue weighted by Gasteiger charge is -2.26. The van der Waals surface area contributed by atoms with E-state index < -0.39 is 0 Å². The Hall–Kier alpha value is -1.55. The molecule has 2 fully saturated rings. The number of carbonyl (C=O) groups excluding carboxylic acids is 1. The van der Waals surface area contributed by atoms with E-state index in [4.69, 9.17) is 9.47 Å². The van der Waals surface area contributed by atoms with Crippen LogP contribution < -0.4 is 10.1 Å². The van der Waals surface area contributed by atoms with Crippen LogP contribution in [0, 0.1) is 5.92 Å². The summed E-state index contributed by atoms with van der Waals surface area (Å²) >= 11 is 0. The molecule has 4 nitrogen and oxygen atoms in total. The SMILES string of the molecule is CC1CCC(NC(=O)c2ccc(OC[C@H]3CCCO3)cc2)CC1. The number of carbonyl (C=O) groups is 1. The third-order valence-electron chi connectivity index (χ3n) is 4.93. The molecule has 1 aromatic carbocycles. The molecule has 0 aromatic heterocycles. The molecule has 1 saturated carbocycles. The molecule has 4 heteroatoms. The maximum Gasteiger partial charge on any atom is 0.251 e. The fraction of sp³-hybridized carbons (Fsp3) is 0.632. The minimum atomic E-state index is 0.0234. The zero-order valence-corrected chi connectivity index (χ0v) is 13.9. The van der Waals surface area contributed by atoms with E-state index in [2.05, 4.69) is 12.2 Å². The van der Waals surface area contributed by atoms with E-state index >= 15 is 0 Å². The van der Waals surface area contributed by atoms with Crippen LogP contribution in [0.4, 0.5) is 0 Å². The number of benzene rings is 1. The minimum Gasteiger partial charge on any atom is -0.491 e. The molecule has 1 saturated heterocycles. The third-order valence-corrected chi connectivity index (χ3v) is 4.93. The van der Waals surface area contributed by atoms with E-state index in [-0.39, 0.29) is 12.0 Å². The molecule has 0 spiro atoms. The first kappa shape index (κ1) is 16.3. The maximum atomic E-state index is 12.3. The van der Waals surface area contributed by atoms with Gasteiger partial charge in [-0.1, -0.05) is 6.92 Å². The number of rotatable bonds is 5. The molecule has 1 N–H and O–H groups in total. The third kappa shape index (κ3) is 4.71. The molecule has 0 unspecified atom stereocenters. The van der Waals surface area contributed by atoms with Gasteiger partial charge in [-0.25, -0.2) is 0 Å². The number of hydrogen-bond acceptors (Lipinski definition) is 3. The van der Waals surface area contributed by atoms with E-state index in [0.29, 0.717) is 18.2 Å². The largest absolute Gasteiger partial charge is 0.491 e. The first-order chi connectivity index (χ1) is 11.2. The molecular formula is C19H27NO3. The van der Waals surface area contributed by atoms with Crippen molar-refractivity contribution in [1.29, 1.82) is 0 Å². The molecule has 3 rings (SSSR count). The quantitative estimate of drug-likeness (QED) is 0.903. The van der Waals surface area contributed by atoms with Gasteiger partial charge in [0.2, 0.25) is 0 Å². The number of hydrogen-bond donors (Lipinski definition) is 1. The molecule has 1 aliphatic carbocycles. The zero-order valence-electron chi connectivity index (χ0n) is 13.9. The standard InChI is InChI=1S/C19H27NO3/c1-14-4-8-16(9-5-14)20-19(21)15-6-10-17(11-7-15)23-13-18-3-2-12-22-18/h6-7,10-11,14,16,18H,2-5,8-9,12-13H2,1H3,(H,20,21)/t14?,16?,18-/m1/s1. The minimum absolute atomic E-state index is 0.0234. The highest BCUT2D eigenvalue weighted by Gasteiger charge is 2.20. The summed E-state index contributed by atoms with van der Waals surface area (Å²) in [6, 6.07) is 7.74. The van der Waals surface area contributed by atoms with Gasteiger partial charge >= 0.3 is 0 Å². The monoisotopic (exact) mass is 317 g/mol. The van der Waals surface area contributed by atoms with Crippen molar-refractivity contribution in [2.75, 3.05) is 13.2 Å². The van der Waals surface area contributed by atoms with Crippen molar-refractivity contribution in [3.8, 4) is 5.75 Å². The average Bonchev–Trinajstić information content (AvgIpc) is 3.09. The highest BCUT2D eigenvalue weighted by molar-refractivity contribution is 5.94. The predicted molar refractivity (Wildman–Crippen MR) is 89.8 cm³/mol. The number of nitrogens with one attached hydrogen (secondary N) is 1. The second kappa shape index (κ2) is 7.82. The molecule has 23 heavy (non-hydrogen) atoms. The van der Waals surface area contributed by atoms with Crippen molar-refractivity contribution in [1.82, 2.24) is 5.32 Å².